The molecule has 3 rings (SSSR count). The fourth-order valence-corrected chi connectivity index (χ4v) is 2.95. The van der Waals surface area contributed by atoms with Gasteiger partial charge in [0, 0.05) is 25.5 Å². The number of morpholine rings is 1. The van der Waals surface area contributed by atoms with Crippen LogP contribution in [-0.2, 0) is 17.8 Å². The van der Waals surface area contributed by atoms with E-state index in [1.807, 2.05) is 29.3 Å². The van der Waals surface area contributed by atoms with Gasteiger partial charge in [-0.2, -0.15) is 0 Å². The molecule has 24 heavy (non-hydrogen) atoms. The van der Waals surface area contributed by atoms with Crippen LogP contribution in [0.5, 0.6) is 0 Å². The van der Waals surface area contributed by atoms with Gasteiger partial charge in [0.15, 0.2) is 0 Å². The normalized spacial score (nSPS) is 17.7. The van der Waals surface area contributed by atoms with Crippen molar-refractivity contribution >= 4 is 6.03 Å². The summed E-state index contributed by atoms with van der Waals surface area (Å²) in [5.74, 6) is 0.855. The Balaban J connectivity index is 1.59. The smallest absolute Gasteiger partial charge is 0.318 e. The molecular formula is C18H24N4O2. The average molecular weight is 328 g/mol. The van der Waals surface area contributed by atoms with Gasteiger partial charge in [-0.15, -0.1) is 0 Å². The number of urea groups is 1. The molecule has 0 aliphatic carbocycles. The Hall–Kier alpha value is -2.34. The summed E-state index contributed by atoms with van der Waals surface area (Å²) in [5.41, 5.74) is 1.21. The molecule has 1 saturated heterocycles. The van der Waals surface area contributed by atoms with E-state index in [2.05, 4.69) is 33.9 Å². The molecule has 0 radical (unpaired) electrons. The number of hydrogen-bond donors (Lipinski definition) is 1. The van der Waals surface area contributed by atoms with Gasteiger partial charge in [-0.3, -0.25) is 0 Å². The summed E-state index contributed by atoms with van der Waals surface area (Å²) in [4.78, 5) is 18.7. The zero-order valence-corrected chi connectivity index (χ0v) is 14.0. The molecule has 1 aliphatic heterocycles. The van der Waals surface area contributed by atoms with E-state index >= 15 is 0 Å². The van der Waals surface area contributed by atoms with Crippen molar-refractivity contribution in [3.8, 4) is 0 Å². The topological polar surface area (TPSA) is 59.4 Å². The molecule has 1 aromatic heterocycles. The summed E-state index contributed by atoms with van der Waals surface area (Å²) in [6.45, 7) is 5.11. The predicted octanol–water partition coefficient (Wildman–Crippen LogP) is 2.25. The Morgan fingerprint density at radius 2 is 2.21 bits per heavy atom. The van der Waals surface area contributed by atoms with Crippen LogP contribution in [0.4, 0.5) is 4.79 Å². The fraction of sp³-hybridized carbons (Fsp3) is 0.444. The highest BCUT2D eigenvalue weighted by atomic mass is 16.5. The number of nitrogens with zero attached hydrogens (tertiary/aromatic N) is 3. The molecule has 1 aromatic carbocycles. The predicted molar refractivity (Wildman–Crippen MR) is 91.6 cm³/mol. The van der Waals surface area contributed by atoms with E-state index < -0.39 is 0 Å². The molecule has 0 bridgehead atoms. The average Bonchev–Trinajstić information content (AvgIpc) is 3.07. The van der Waals surface area contributed by atoms with E-state index in [1.54, 1.807) is 6.20 Å². The maximum absolute atomic E-state index is 12.5. The molecule has 128 valence electrons. The highest BCUT2D eigenvalue weighted by Gasteiger charge is 2.25. The van der Waals surface area contributed by atoms with Gasteiger partial charge in [0.25, 0.3) is 0 Å². The Morgan fingerprint density at radius 1 is 1.38 bits per heavy atom. The molecule has 1 fully saturated rings. The first-order valence-electron chi connectivity index (χ1n) is 8.44. The Morgan fingerprint density at radius 3 is 3.00 bits per heavy atom. The van der Waals surface area contributed by atoms with Gasteiger partial charge in [-0.1, -0.05) is 37.3 Å². The fourth-order valence-electron chi connectivity index (χ4n) is 2.95. The molecule has 1 atom stereocenters. The third kappa shape index (κ3) is 3.94. The third-order valence-electron chi connectivity index (χ3n) is 4.35. The van der Waals surface area contributed by atoms with Crippen LogP contribution in [-0.4, -0.2) is 46.3 Å². The zero-order chi connectivity index (χ0) is 16.8. The van der Waals surface area contributed by atoms with Crippen LogP contribution in [0.3, 0.4) is 0 Å². The van der Waals surface area contributed by atoms with Crippen LogP contribution >= 0.6 is 0 Å². The van der Waals surface area contributed by atoms with Crippen LogP contribution in [0, 0.1) is 0 Å². The van der Waals surface area contributed by atoms with Gasteiger partial charge in [0.05, 0.1) is 25.8 Å². The van der Waals surface area contributed by atoms with E-state index in [0.717, 1.165) is 18.8 Å². The van der Waals surface area contributed by atoms with E-state index in [4.69, 9.17) is 4.74 Å². The van der Waals surface area contributed by atoms with Gasteiger partial charge in [0.2, 0.25) is 0 Å². The molecule has 1 N–H and O–H groups in total. The SMILES string of the molecule is CCC1COCCN1C(=O)NCc1nccn1Cc1ccccc1. The second kappa shape index (κ2) is 7.97. The third-order valence-corrected chi connectivity index (χ3v) is 4.35. The molecule has 1 unspecified atom stereocenters. The second-order valence-corrected chi connectivity index (χ2v) is 5.95. The summed E-state index contributed by atoms with van der Waals surface area (Å²) in [6, 6.07) is 10.3. The van der Waals surface area contributed by atoms with Crippen molar-refractivity contribution in [1.29, 1.82) is 0 Å². The first kappa shape index (κ1) is 16.5. The summed E-state index contributed by atoms with van der Waals surface area (Å²) in [7, 11) is 0. The number of carbonyl (C=O) groups is 1. The largest absolute Gasteiger partial charge is 0.377 e. The standard InChI is InChI=1S/C18H24N4O2/c1-2-16-14-24-11-10-22(16)18(23)20-12-17-19-8-9-21(17)13-15-6-4-3-5-7-15/h3-9,16H,2,10-14H2,1H3,(H,20,23). The number of aromatic nitrogens is 2. The number of rotatable bonds is 5. The number of hydrogen-bond acceptors (Lipinski definition) is 3. The first-order valence-corrected chi connectivity index (χ1v) is 8.44. The lowest BCUT2D eigenvalue weighted by Gasteiger charge is -2.35. The summed E-state index contributed by atoms with van der Waals surface area (Å²) in [5, 5.41) is 2.99. The molecule has 0 saturated carbocycles. The monoisotopic (exact) mass is 328 g/mol. The maximum atomic E-state index is 12.5. The van der Waals surface area contributed by atoms with E-state index in [1.165, 1.54) is 5.56 Å². The molecule has 6 heteroatoms. The number of carbonyl (C=O) groups excluding carboxylic acids is 1. The summed E-state index contributed by atoms with van der Waals surface area (Å²) < 4.78 is 7.51. The van der Waals surface area contributed by atoms with Gasteiger partial charge < -0.3 is 19.5 Å². The minimum absolute atomic E-state index is 0.0422. The van der Waals surface area contributed by atoms with Crippen molar-refractivity contribution in [3.05, 3.63) is 54.1 Å². The van der Waals surface area contributed by atoms with Crippen LogP contribution in [0.2, 0.25) is 0 Å². The van der Waals surface area contributed by atoms with Crippen LogP contribution in [0.25, 0.3) is 0 Å². The Labute approximate surface area is 142 Å². The van der Waals surface area contributed by atoms with E-state index in [-0.39, 0.29) is 12.1 Å². The van der Waals surface area contributed by atoms with Crippen LogP contribution in [0.1, 0.15) is 24.7 Å². The van der Waals surface area contributed by atoms with Gasteiger partial charge in [-0.05, 0) is 12.0 Å². The lowest BCUT2D eigenvalue weighted by Crippen LogP contribution is -2.52. The Bertz CT molecular complexity index is 656. The molecule has 2 aromatic rings. The summed E-state index contributed by atoms with van der Waals surface area (Å²) >= 11 is 0. The Kier molecular flexibility index (Phi) is 5.48. The second-order valence-electron chi connectivity index (χ2n) is 5.95. The van der Waals surface area contributed by atoms with Crippen molar-refractivity contribution < 1.29 is 9.53 Å². The number of imidazole rings is 1. The number of ether oxygens (including phenoxy) is 1. The van der Waals surface area contributed by atoms with Crippen molar-refractivity contribution in [1.82, 2.24) is 19.8 Å². The first-order chi connectivity index (χ1) is 11.8. The maximum Gasteiger partial charge on any atom is 0.318 e. The van der Waals surface area contributed by atoms with Gasteiger partial charge in [-0.25, -0.2) is 9.78 Å². The number of benzene rings is 1. The van der Waals surface area contributed by atoms with Gasteiger partial charge >= 0.3 is 6.03 Å². The highest BCUT2D eigenvalue weighted by Crippen LogP contribution is 2.11. The number of nitrogens with one attached hydrogen (secondary N) is 1. The lowest BCUT2D eigenvalue weighted by atomic mass is 10.2. The van der Waals surface area contributed by atoms with Crippen molar-refractivity contribution in [2.24, 2.45) is 0 Å². The lowest BCUT2D eigenvalue weighted by molar-refractivity contribution is 0.0112. The molecule has 2 heterocycles. The molecule has 0 spiro atoms. The van der Waals surface area contributed by atoms with Crippen LogP contribution < -0.4 is 5.32 Å². The minimum atomic E-state index is -0.0422. The minimum Gasteiger partial charge on any atom is -0.377 e. The molecular weight excluding hydrogens is 304 g/mol. The van der Waals surface area contributed by atoms with E-state index in [9.17, 15) is 4.79 Å². The quantitative estimate of drug-likeness (QED) is 0.916. The van der Waals surface area contributed by atoms with Crippen molar-refractivity contribution in [3.63, 3.8) is 0 Å². The van der Waals surface area contributed by atoms with Crippen molar-refractivity contribution in [2.75, 3.05) is 19.8 Å². The number of amides is 2. The molecule has 2 amide bonds. The van der Waals surface area contributed by atoms with E-state index in [0.29, 0.717) is 26.3 Å². The van der Waals surface area contributed by atoms with Gasteiger partial charge in [0.1, 0.15) is 5.82 Å². The molecule has 1 aliphatic rings. The van der Waals surface area contributed by atoms with Crippen molar-refractivity contribution in [2.45, 2.75) is 32.5 Å². The summed E-state index contributed by atoms with van der Waals surface area (Å²) in [6.07, 6.45) is 4.61. The zero-order valence-electron chi connectivity index (χ0n) is 14.0. The van der Waals surface area contributed by atoms with Crippen LogP contribution in [0.15, 0.2) is 42.7 Å². The molecule has 6 nitrogen and oxygen atoms in total. The highest BCUT2D eigenvalue weighted by molar-refractivity contribution is 5.74.